The summed E-state index contributed by atoms with van der Waals surface area (Å²) in [4.78, 5) is 31.3. The van der Waals surface area contributed by atoms with Crippen LogP contribution in [0.15, 0.2) is 0 Å². The summed E-state index contributed by atoms with van der Waals surface area (Å²) in [6.07, 6.45) is -2.07. The maximum absolute atomic E-state index is 10.6. The second-order valence-corrected chi connectivity index (χ2v) is 2.73. The number of hydrogen-bond donors (Lipinski definition) is 4. The number of carbonyl (C=O) groups is 3. The van der Waals surface area contributed by atoms with Gasteiger partial charge in [0.25, 0.3) is 0 Å². The molecule has 8 heteroatoms. The molecule has 7 nitrogen and oxygen atoms in total. The Labute approximate surface area is 83.9 Å². The molecule has 3 N–H and O–H groups in total. The van der Waals surface area contributed by atoms with Gasteiger partial charge in [-0.2, -0.15) is 0 Å². The van der Waals surface area contributed by atoms with E-state index in [1.54, 1.807) is 0 Å². The van der Waals surface area contributed by atoms with E-state index in [-0.39, 0.29) is 0 Å². The standard InChI is InChI=1S/C6H8O7S/c7-3(8)1-6(12,5(10)11)2-4(9)13-14/h12,14H,1-2H2,(H,7,8)(H,10,11). The Morgan fingerprint density at radius 2 is 1.71 bits per heavy atom. The zero-order chi connectivity index (χ0) is 11.4. The highest BCUT2D eigenvalue weighted by Crippen LogP contribution is 2.17. The number of rotatable bonds is 5. The summed E-state index contributed by atoms with van der Waals surface area (Å²) in [6, 6.07) is 0. The van der Waals surface area contributed by atoms with Gasteiger partial charge in [0.2, 0.25) is 0 Å². The van der Waals surface area contributed by atoms with E-state index in [0.717, 1.165) is 0 Å². The van der Waals surface area contributed by atoms with Crippen LogP contribution in [0.1, 0.15) is 12.8 Å². The molecule has 0 bridgehead atoms. The Hall–Kier alpha value is -1.28. The van der Waals surface area contributed by atoms with E-state index in [2.05, 4.69) is 17.1 Å². The number of hydrogen-bond acceptors (Lipinski definition) is 6. The minimum atomic E-state index is -2.66. The van der Waals surface area contributed by atoms with Gasteiger partial charge >= 0.3 is 17.9 Å². The molecule has 0 aliphatic rings. The highest BCUT2D eigenvalue weighted by atomic mass is 32.1. The van der Waals surface area contributed by atoms with Crippen LogP contribution < -0.4 is 0 Å². The lowest BCUT2D eigenvalue weighted by atomic mass is 9.96. The van der Waals surface area contributed by atoms with Crippen molar-refractivity contribution in [1.29, 1.82) is 0 Å². The molecule has 0 rings (SSSR count). The number of aliphatic carboxylic acids is 2. The van der Waals surface area contributed by atoms with E-state index in [1.807, 2.05) is 0 Å². The molecule has 0 fully saturated rings. The maximum Gasteiger partial charge on any atom is 0.336 e. The number of thiol groups is 1. The highest BCUT2D eigenvalue weighted by Gasteiger charge is 2.41. The Morgan fingerprint density at radius 1 is 1.21 bits per heavy atom. The van der Waals surface area contributed by atoms with Crippen LogP contribution in [0.2, 0.25) is 0 Å². The molecular formula is C6H8O7S. The summed E-state index contributed by atoms with van der Waals surface area (Å²) in [5.41, 5.74) is -2.66. The van der Waals surface area contributed by atoms with Gasteiger partial charge in [-0.25, -0.2) is 4.79 Å². The quantitative estimate of drug-likeness (QED) is 0.351. The van der Waals surface area contributed by atoms with Crippen LogP contribution in [0.4, 0.5) is 0 Å². The number of carboxylic acid groups (broad SMARTS) is 2. The summed E-state index contributed by atoms with van der Waals surface area (Å²) in [5, 5.41) is 26.0. The summed E-state index contributed by atoms with van der Waals surface area (Å²) < 4.78 is 3.82. The molecule has 0 aromatic heterocycles. The van der Waals surface area contributed by atoms with Crippen LogP contribution in [0, 0.1) is 0 Å². The molecule has 0 saturated heterocycles. The first-order chi connectivity index (χ1) is 6.31. The van der Waals surface area contributed by atoms with E-state index >= 15 is 0 Å². The van der Waals surface area contributed by atoms with Gasteiger partial charge in [0.05, 0.1) is 12.8 Å². The van der Waals surface area contributed by atoms with Crippen molar-refractivity contribution in [2.24, 2.45) is 0 Å². The van der Waals surface area contributed by atoms with Crippen molar-refractivity contribution in [2.75, 3.05) is 0 Å². The van der Waals surface area contributed by atoms with Gasteiger partial charge in [0, 0.05) is 12.9 Å². The van der Waals surface area contributed by atoms with Crippen LogP contribution in [0.5, 0.6) is 0 Å². The number of aliphatic hydroxyl groups is 1. The first-order valence-electron chi connectivity index (χ1n) is 3.33. The monoisotopic (exact) mass is 224 g/mol. The van der Waals surface area contributed by atoms with E-state index in [9.17, 15) is 19.5 Å². The molecule has 0 aromatic carbocycles. The fourth-order valence-corrected chi connectivity index (χ4v) is 0.800. The van der Waals surface area contributed by atoms with Gasteiger partial charge in [-0.05, 0) is 0 Å². The van der Waals surface area contributed by atoms with Crippen molar-refractivity contribution in [3.05, 3.63) is 0 Å². The van der Waals surface area contributed by atoms with Crippen LogP contribution in [0.3, 0.4) is 0 Å². The van der Waals surface area contributed by atoms with E-state index in [1.165, 1.54) is 0 Å². The Balaban J connectivity index is 4.63. The number of carbonyl (C=O) groups excluding carboxylic acids is 1. The first kappa shape index (κ1) is 12.7. The molecule has 0 amide bonds. The fraction of sp³-hybridized carbons (Fsp3) is 0.500. The minimum Gasteiger partial charge on any atom is -0.481 e. The van der Waals surface area contributed by atoms with Crippen molar-refractivity contribution in [1.82, 2.24) is 0 Å². The van der Waals surface area contributed by atoms with Crippen LogP contribution in [-0.2, 0) is 18.6 Å². The SMILES string of the molecule is O=C(O)CC(O)(CC(=O)OS)C(=O)O. The highest BCUT2D eigenvalue weighted by molar-refractivity contribution is 7.75. The predicted molar refractivity (Wildman–Crippen MR) is 44.5 cm³/mol. The molecule has 80 valence electrons. The first-order valence-corrected chi connectivity index (χ1v) is 3.70. The normalized spacial score (nSPS) is 14.1. The van der Waals surface area contributed by atoms with Crippen molar-refractivity contribution >= 4 is 30.8 Å². The van der Waals surface area contributed by atoms with E-state index in [4.69, 9.17) is 10.2 Å². The smallest absolute Gasteiger partial charge is 0.336 e. The molecule has 0 aliphatic carbocycles. The molecule has 0 aliphatic heterocycles. The number of carboxylic acids is 2. The minimum absolute atomic E-state index is 0.974. The molecule has 0 spiro atoms. The van der Waals surface area contributed by atoms with E-state index in [0.29, 0.717) is 0 Å². The molecule has 1 unspecified atom stereocenters. The fourth-order valence-electron chi connectivity index (χ4n) is 0.735. The Bertz CT molecular complexity index is 263. The molecule has 0 aromatic rings. The Kier molecular flexibility index (Phi) is 4.38. The second-order valence-electron chi connectivity index (χ2n) is 2.55. The molecule has 14 heavy (non-hydrogen) atoms. The lowest BCUT2D eigenvalue weighted by molar-refractivity contribution is -0.169. The van der Waals surface area contributed by atoms with Crippen LogP contribution in [-0.4, -0.2) is 38.8 Å². The van der Waals surface area contributed by atoms with E-state index < -0.39 is 36.4 Å². The lowest BCUT2D eigenvalue weighted by Gasteiger charge is -2.19. The molecule has 0 radical (unpaired) electrons. The van der Waals surface area contributed by atoms with Crippen molar-refractivity contribution in [3.8, 4) is 0 Å². The maximum atomic E-state index is 10.6. The topological polar surface area (TPSA) is 121 Å². The van der Waals surface area contributed by atoms with Gasteiger partial charge in [-0.15, -0.1) is 0 Å². The lowest BCUT2D eigenvalue weighted by Crippen LogP contribution is -2.42. The third kappa shape index (κ3) is 3.62. The molecular weight excluding hydrogens is 216 g/mol. The van der Waals surface area contributed by atoms with Crippen LogP contribution >= 0.6 is 12.9 Å². The van der Waals surface area contributed by atoms with Gasteiger partial charge in [0.15, 0.2) is 5.60 Å². The predicted octanol–water partition coefficient (Wildman–Crippen LogP) is -0.945. The molecule has 0 heterocycles. The average molecular weight is 224 g/mol. The largest absolute Gasteiger partial charge is 0.481 e. The zero-order valence-electron chi connectivity index (χ0n) is 6.84. The van der Waals surface area contributed by atoms with Gasteiger partial charge < -0.3 is 19.5 Å². The third-order valence-corrected chi connectivity index (χ3v) is 1.58. The summed E-state index contributed by atoms with van der Waals surface area (Å²) in [6.45, 7) is 0. The van der Waals surface area contributed by atoms with Crippen LogP contribution in [0.25, 0.3) is 0 Å². The summed E-state index contributed by atoms with van der Waals surface area (Å²) in [5.74, 6) is -4.47. The molecule has 1 atom stereocenters. The Morgan fingerprint density at radius 3 is 2.00 bits per heavy atom. The van der Waals surface area contributed by atoms with Crippen molar-refractivity contribution < 1.29 is 33.9 Å². The zero-order valence-corrected chi connectivity index (χ0v) is 7.73. The van der Waals surface area contributed by atoms with Crippen molar-refractivity contribution in [2.45, 2.75) is 18.4 Å². The summed E-state index contributed by atoms with van der Waals surface area (Å²) in [7, 11) is 0. The second kappa shape index (κ2) is 4.82. The van der Waals surface area contributed by atoms with Crippen molar-refractivity contribution in [3.63, 3.8) is 0 Å². The van der Waals surface area contributed by atoms with Gasteiger partial charge in [-0.3, -0.25) is 9.59 Å². The molecule has 0 saturated carbocycles. The summed E-state index contributed by atoms with van der Waals surface area (Å²) >= 11 is 3.09. The third-order valence-electron chi connectivity index (χ3n) is 1.38. The average Bonchev–Trinajstić information content (AvgIpc) is 2.02. The van der Waals surface area contributed by atoms with Gasteiger partial charge in [-0.1, -0.05) is 0 Å². The van der Waals surface area contributed by atoms with Gasteiger partial charge in [0.1, 0.15) is 0 Å².